The first-order valence-electron chi connectivity index (χ1n) is 11.2. The smallest absolute Gasteiger partial charge is 0.225 e. The number of aromatic hydroxyl groups is 1. The second-order valence-corrected chi connectivity index (χ2v) is 9.16. The molecule has 2 N–H and O–H groups in total. The molecule has 0 bridgehead atoms. The zero-order valence-electron chi connectivity index (χ0n) is 17.7. The summed E-state index contributed by atoms with van der Waals surface area (Å²) in [7, 11) is 0. The van der Waals surface area contributed by atoms with Gasteiger partial charge in [0, 0.05) is 31.6 Å². The lowest BCUT2D eigenvalue weighted by Gasteiger charge is -2.40. The number of rotatable bonds is 5. The molecular formula is C25H29N3O3. The highest BCUT2D eigenvalue weighted by atomic mass is 16.3. The number of phenols is 1. The summed E-state index contributed by atoms with van der Waals surface area (Å²) in [6, 6.07) is 15.5. The maximum atomic E-state index is 12.3. The van der Waals surface area contributed by atoms with E-state index >= 15 is 0 Å². The predicted octanol–water partition coefficient (Wildman–Crippen LogP) is 3.78. The SMILES string of the molecule is O=C(C1CC1)N1CCC(O)(CC2CC=NN2c2ccc(-c3cccc(O)c3)cc2)CC1. The standard InChI is InChI=1S/C25H29N3O3/c29-23-3-1-2-20(16-23)18-6-8-21(9-7-18)28-22(10-13-26-28)17-25(31)11-14-27(15-12-25)24(30)19-4-5-19/h1-3,6-9,13,16,19,22,29,31H,4-5,10-12,14-15,17H2. The van der Waals surface area contributed by atoms with Crippen LogP contribution in [0, 0.1) is 5.92 Å². The fraction of sp³-hybridized carbons (Fsp3) is 0.440. The first-order valence-corrected chi connectivity index (χ1v) is 11.2. The van der Waals surface area contributed by atoms with Gasteiger partial charge in [-0.05, 0) is 67.5 Å². The van der Waals surface area contributed by atoms with Crippen LogP contribution in [0.2, 0.25) is 0 Å². The second-order valence-electron chi connectivity index (χ2n) is 9.16. The molecule has 2 aromatic carbocycles. The van der Waals surface area contributed by atoms with Crippen LogP contribution in [0.25, 0.3) is 11.1 Å². The summed E-state index contributed by atoms with van der Waals surface area (Å²) < 4.78 is 0. The van der Waals surface area contributed by atoms with Crippen molar-refractivity contribution in [2.75, 3.05) is 18.1 Å². The van der Waals surface area contributed by atoms with Crippen molar-refractivity contribution in [3.63, 3.8) is 0 Å². The van der Waals surface area contributed by atoms with Crippen molar-refractivity contribution in [2.45, 2.75) is 50.2 Å². The molecule has 162 valence electrons. The van der Waals surface area contributed by atoms with E-state index < -0.39 is 5.60 Å². The van der Waals surface area contributed by atoms with Crippen molar-refractivity contribution < 1.29 is 15.0 Å². The van der Waals surface area contributed by atoms with Crippen molar-refractivity contribution >= 4 is 17.8 Å². The molecule has 6 heteroatoms. The minimum Gasteiger partial charge on any atom is -0.508 e. The molecule has 0 aromatic heterocycles. The van der Waals surface area contributed by atoms with Gasteiger partial charge in [-0.2, -0.15) is 5.10 Å². The first kappa shape index (κ1) is 20.1. The van der Waals surface area contributed by atoms with Gasteiger partial charge in [0.2, 0.25) is 5.91 Å². The fourth-order valence-corrected chi connectivity index (χ4v) is 4.76. The number of carbonyl (C=O) groups excluding carboxylic acids is 1. The quantitative estimate of drug-likeness (QED) is 0.773. The number of piperidine rings is 1. The van der Waals surface area contributed by atoms with Gasteiger partial charge in [-0.1, -0.05) is 24.3 Å². The minimum absolute atomic E-state index is 0.113. The molecule has 6 nitrogen and oxygen atoms in total. The largest absolute Gasteiger partial charge is 0.508 e. The summed E-state index contributed by atoms with van der Waals surface area (Å²) in [4.78, 5) is 14.2. The van der Waals surface area contributed by atoms with E-state index in [4.69, 9.17) is 0 Å². The van der Waals surface area contributed by atoms with E-state index in [2.05, 4.69) is 5.10 Å². The molecule has 1 unspecified atom stereocenters. The molecule has 1 saturated carbocycles. The normalized spacial score (nSPS) is 22.7. The zero-order chi connectivity index (χ0) is 21.4. The minimum atomic E-state index is -0.752. The molecule has 1 saturated heterocycles. The number of carbonyl (C=O) groups is 1. The molecule has 0 spiro atoms. The molecule has 2 aliphatic heterocycles. The number of nitrogens with zero attached hydrogens (tertiary/aromatic N) is 3. The van der Waals surface area contributed by atoms with Crippen molar-refractivity contribution in [2.24, 2.45) is 11.0 Å². The van der Waals surface area contributed by atoms with E-state index in [1.54, 1.807) is 12.1 Å². The topological polar surface area (TPSA) is 76.4 Å². The lowest BCUT2D eigenvalue weighted by atomic mass is 9.84. The number of aliphatic hydroxyl groups is 1. The van der Waals surface area contributed by atoms with Gasteiger partial charge in [0.05, 0.1) is 17.3 Å². The third-order valence-corrected chi connectivity index (χ3v) is 6.79. The van der Waals surface area contributed by atoms with Gasteiger partial charge in [0.1, 0.15) is 5.75 Å². The summed E-state index contributed by atoms with van der Waals surface area (Å²) in [5.41, 5.74) is 2.24. The molecule has 31 heavy (non-hydrogen) atoms. The fourth-order valence-electron chi connectivity index (χ4n) is 4.76. The van der Waals surface area contributed by atoms with Crippen LogP contribution < -0.4 is 5.01 Å². The van der Waals surface area contributed by atoms with Crippen molar-refractivity contribution in [3.05, 3.63) is 48.5 Å². The molecule has 1 atom stereocenters. The Kier molecular flexibility index (Phi) is 5.18. The average molecular weight is 420 g/mol. The van der Waals surface area contributed by atoms with E-state index in [0.717, 1.165) is 36.1 Å². The summed E-state index contributed by atoms with van der Waals surface area (Å²) in [6.45, 7) is 1.30. The molecule has 3 aliphatic rings. The van der Waals surface area contributed by atoms with Gasteiger partial charge in [0.15, 0.2) is 0 Å². The summed E-state index contributed by atoms with van der Waals surface area (Å²) >= 11 is 0. The molecule has 1 aliphatic carbocycles. The Morgan fingerprint density at radius 1 is 1.06 bits per heavy atom. The third-order valence-electron chi connectivity index (χ3n) is 6.79. The number of benzene rings is 2. The van der Waals surface area contributed by atoms with Crippen LogP contribution in [0.15, 0.2) is 53.6 Å². The summed E-state index contributed by atoms with van der Waals surface area (Å²) in [5, 5.41) is 27.5. The Balaban J connectivity index is 1.23. The number of hydrazone groups is 1. The monoisotopic (exact) mass is 419 g/mol. The number of hydrogen-bond donors (Lipinski definition) is 2. The third kappa shape index (κ3) is 4.30. The lowest BCUT2D eigenvalue weighted by Crippen LogP contribution is -2.49. The maximum absolute atomic E-state index is 12.3. The van der Waals surface area contributed by atoms with Crippen molar-refractivity contribution in [1.29, 1.82) is 0 Å². The van der Waals surface area contributed by atoms with E-state index in [1.165, 1.54) is 0 Å². The first-order chi connectivity index (χ1) is 15.0. The number of amides is 1. The van der Waals surface area contributed by atoms with Crippen LogP contribution in [0.5, 0.6) is 5.75 Å². The van der Waals surface area contributed by atoms with Crippen LogP contribution >= 0.6 is 0 Å². The van der Waals surface area contributed by atoms with Crippen LogP contribution in [-0.2, 0) is 4.79 Å². The molecule has 2 fully saturated rings. The van der Waals surface area contributed by atoms with E-state index in [0.29, 0.717) is 32.4 Å². The summed E-state index contributed by atoms with van der Waals surface area (Å²) in [5.74, 6) is 0.774. The Labute approximate surface area is 182 Å². The highest BCUT2D eigenvalue weighted by Gasteiger charge is 2.41. The van der Waals surface area contributed by atoms with Crippen molar-refractivity contribution in [1.82, 2.24) is 4.90 Å². The van der Waals surface area contributed by atoms with E-state index in [-0.39, 0.29) is 23.6 Å². The second kappa shape index (κ2) is 8.00. The molecule has 2 aromatic rings. The number of phenolic OH excluding ortho intramolecular Hbond substituents is 1. The van der Waals surface area contributed by atoms with Crippen LogP contribution in [0.3, 0.4) is 0 Å². The van der Waals surface area contributed by atoms with Crippen LogP contribution in [0.1, 0.15) is 38.5 Å². The van der Waals surface area contributed by atoms with Gasteiger partial charge < -0.3 is 15.1 Å². The Morgan fingerprint density at radius 2 is 1.81 bits per heavy atom. The van der Waals surface area contributed by atoms with E-state index in [1.807, 2.05) is 52.5 Å². The Bertz CT molecular complexity index is 976. The number of likely N-dealkylation sites (tertiary alicyclic amines) is 1. The van der Waals surface area contributed by atoms with Gasteiger partial charge >= 0.3 is 0 Å². The van der Waals surface area contributed by atoms with Gasteiger partial charge in [-0.25, -0.2) is 0 Å². The highest BCUT2D eigenvalue weighted by molar-refractivity contribution is 5.81. The maximum Gasteiger partial charge on any atom is 0.225 e. The van der Waals surface area contributed by atoms with Crippen LogP contribution in [0.4, 0.5) is 5.69 Å². The molecule has 5 rings (SSSR count). The van der Waals surface area contributed by atoms with Crippen molar-refractivity contribution in [3.8, 4) is 16.9 Å². The van der Waals surface area contributed by atoms with Gasteiger partial charge in [-0.3, -0.25) is 9.80 Å². The average Bonchev–Trinajstić information content (AvgIpc) is 3.53. The summed E-state index contributed by atoms with van der Waals surface area (Å²) in [6.07, 6.45) is 6.69. The molecule has 0 radical (unpaired) electrons. The Morgan fingerprint density at radius 3 is 2.48 bits per heavy atom. The number of hydrogen-bond acceptors (Lipinski definition) is 5. The highest BCUT2D eigenvalue weighted by Crippen LogP contribution is 2.36. The Hall–Kier alpha value is -2.86. The molecule has 1 amide bonds. The van der Waals surface area contributed by atoms with Gasteiger partial charge in [-0.15, -0.1) is 0 Å². The molecular weight excluding hydrogens is 390 g/mol. The molecule has 2 heterocycles. The zero-order valence-corrected chi connectivity index (χ0v) is 17.7. The van der Waals surface area contributed by atoms with E-state index in [9.17, 15) is 15.0 Å². The van der Waals surface area contributed by atoms with Gasteiger partial charge in [0.25, 0.3) is 0 Å². The lowest BCUT2D eigenvalue weighted by molar-refractivity contribution is -0.137. The number of anilines is 1. The van der Waals surface area contributed by atoms with Crippen LogP contribution in [-0.4, -0.2) is 52.0 Å². The predicted molar refractivity (Wildman–Crippen MR) is 121 cm³/mol.